The zero-order chi connectivity index (χ0) is 17.0. The summed E-state index contributed by atoms with van der Waals surface area (Å²) in [6.07, 6.45) is 1.56. The number of hydrogen-bond acceptors (Lipinski definition) is 5. The van der Waals surface area contributed by atoms with Crippen LogP contribution in [0.25, 0.3) is 0 Å². The van der Waals surface area contributed by atoms with Gasteiger partial charge in [-0.25, -0.2) is 12.7 Å². The average Bonchev–Trinajstić information content (AvgIpc) is 2.47. The van der Waals surface area contributed by atoms with Crippen LogP contribution in [0.1, 0.15) is 25.3 Å². The molecule has 1 aliphatic rings. The van der Waals surface area contributed by atoms with Gasteiger partial charge in [-0.1, -0.05) is 23.3 Å². The van der Waals surface area contributed by atoms with Gasteiger partial charge in [-0.05, 0) is 32.4 Å². The lowest BCUT2D eigenvalue weighted by molar-refractivity contribution is -0.142. The van der Waals surface area contributed by atoms with Crippen LogP contribution in [0.5, 0.6) is 0 Å². The highest BCUT2D eigenvalue weighted by molar-refractivity contribution is 7.89. The van der Waals surface area contributed by atoms with E-state index in [1.165, 1.54) is 18.2 Å². The first-order chi connectivity index (χ1) is 10.8. The van der Waals surface area contributed by atoms with Gasteiger partial charge in [-0.2, -0.15) is 0 Å². The van der Waals surface area contributed by atoms with Crippen molar-refractivity contribution < 1.29 is 22.7 Å². The standard InChI is InChI=1S/C16H19NO5S/c1-3-22-16(19)11-13-8-9-17(15(18)10-13)23(20,21)14-6-4-12(2)5-7-14/h4-7,10H,3,8-9,11H2,1-2H3. The number of esters is 1. The van der Waals surface area contributed by atoms with Crippen molar-refractivity contribution in [1.82, 2.24) is 4.31 Å². The molecule has 0 aliphatic carbocycles. The van der Waals surface area contributed by atoms with E-state index in [4.69, 9.17) is 4.74 Å². The third-order valence-corrected chi connectivity index (χ3v) is 5.31. The number of carbonyl (C=O) groups is 2. The van der Waals surface area contributed by atoms with Gasteiger partial charge < -0.3 is 4.74 Å². The Labute approximate surface area is 135 Å². The van der Waals surface area contributed by atoms with Gasteiger partial charge in [0.05, 0.1) is 17.9 Å². The first-order valence-electron chi connectivity index (χ1n) is 7.33. The van der Waals surface area contributed by atoms with Crippen LogP contribution in [0.2, 0.25) is 0 Å². The molecular weight excluding hydrogens is 318 g/mol. The van der Waals surface area contributed by atoms with Gasteiger partial charge in [-0.3, -0.25) is 9.59 Å². The minimum absolute atomic E-state index is 0.0119. The van der Waals surface area contributed by atoms with Crippen molar-refractivity contribution in [1.29, 1.82) is 0 Å². The van der Waals surface area contributed by atoms with Gasteiger partial charge in [-0.15, -0.1) is 0 Å². The maximum absolute atomic E-state index is 12.5. The number of benzene rings is 1. The molecule has 1 aliphatic heterocycles. The summed E-state index contributed by atoms with van der Waals surface area (Å²) < 4.78 is 30.7. The van der Waals surface area contributed by atoms with Crippen molar-refractivity contribution in [3.63, 3.8) is 0 Å². The molecule has 124 valence electrons. The molecule has 1 amide bonds. The third-order valence-electron chi connectivity index (χ3n) is 3.50. The Morgan fingerprint density at radius 3 is 2.48 bits per heavy atom. The molecule has 7 heteroatoms. The van der Waals surface area contributed by atoms with Crippen LogP contribution >= 0.6 is 0 Å². The summed E-state index contributed by atoms with van der Waals surface area (Å²) in [6.45, 7) is 3.86. The number of carbonyl (C=O) groups excluding carboxylic acids is 2. The molecule has 0 unspecified atom stereocenters. The van der Waals surface area contributed by atoms with Gasteiger partial charge >= 0.3 is 5.97 Å². The highest BCUT2D eigenvalue weighted by atomic mass is 32.2. The van der Waals surface area contributed by atoms with E-state index in [2.05, 4.69) is 0 Å². The summed E-state index contributed by atoms with van der Waals surface area (Å²) in [5.41, 5.74) is 1.52. The molecule has 0 saturated heterocycles. The van der Waals surface area contributed by atoms with Gasteiger partial charge in [0, 0.05) is 12.6 Å². The van der Waals surface area contributed by atoms with Crippen molar-refractivity contribution >= 4 is 21.9 Å². The summed E-state index contributed by atoms with van der Waals surface area (Å²) in [7, 11) is -3.87. The molecule has 0 radical (unpaired) electrons. The second-order valence-electron chi connectivity index (χ2n) is 5.26. The fraction of sp³-hybridized carbons (Fsp3) is 0.375. The maximum Gasteiger partial charge on any atom is 0.309 e. The van der Waals surface area contributed by atoms with Gasteiger partial charge in [0.15, 0.2) is 0 Å². The Balaban J connectivity index is 2.17. The van der Waals surface area contributed by atoms with Crippen LogP contribution in [0.3, 0.4) is 0 Å². The molecule has 0 aromatic heterocycles. The van der Waals surface area contributed by atoms with Crippen LogP contribution in [0.15, 0.2) is 40.8 Å². The van der Waals surface area contributed by atoms with E-state index in [-0.39, 0.29) is 24.5 Å². The number of sulfonamides is 1. The van der Waals surface area contributed by atoms with Crippen molar-refractivity contribution in [3.05, 3.63) is 41.5 Å². The SMILES string of the molecule is CCOC(=O)CC1=CC(=O)N(S(=O)(=O)c2ccc(C)cc2)CC1. The largest absolute Gasteiger partial charge is 0.466 e. The zero-order valence-electron chi connectivity index (χ0n) is 13.1. The molecule has 0 saturated carbocycles. The zero-order valence-corrected chi connectivity index (χ0v) is 13.9. The number of rotatable bonds is 5. The molecule has 2 rings (SSSR count). The highest BCUT2D eigenvalue weighted by Gasteiger charge is 2.31. The van der Waals surface area contributed by atoms with Crippen LogP contribution in [-0.2, 0) is 24.3 Å². The predicted molar refractivity (Wildman–Crippen MR) is 84.0 cm³/mol. The van der Waals surface area contributed by atoms with Crippen molar-refractivity contribution in [2.45, 2.75) is 31.6 Å². The van der Waals surface area contributed by atoms with Gasteiger partial charge in [0.2, 0.25) is 0 Å². The van der Waals surface area contributed by atoms with Crippen LogP contribution in [0.4, 0.5) is 0 Å². The van der Waals surface area contributed by atoms with Gasteiger partial charge in [0.25, 0.3) is 15.9 Å². The fourth-order valence-corrected chi connectivity index (χ4v) is 3.64. The Bertz CT molecular complexity index is 734. The third kappa shape index (κ3) is 3.98. The maximum atomic E-state index is 12.5. The average molecular weight is 337 g/mol. The second kappa shape index (κ2) is 6.95. The van der Waals surface area contributed by atoms with E-state index in [1.54, 1.807) is 19.1 Å². The number of amides is 1. The molecule has 1 aromatic rings. The van der Waals surface area contributed by atoms with Crippen molar-refractivity contribution in [2.75, 3.05) is 13.2 Å². The topological polar surface area (TPSA) is 80.8 Å². The quantitative estimate of drug-likeness (QED) is 0.765. The van der Waals surface area contributed by atoms with E-state index in [0.717, 1.165) is 9.87 Å². The summed E-state index contributed by atoms with van der Waals surface area (Å²) in [5.74, 6) is -1.04. The fourth-order valence-electron chi connectivity index (χ4n) is 2.29. The van der Waals surface area contributed by atoms with E-state index in [0.29, 0.717) is 12.0 Å². The molecule has 0 bridgehead atoms. The van der Waals surface area contributed by atoms with Crippen LogP contribution in [0, 0.1) is 6.92 Å². The number of nitrogens with zero attached hydrogens (tertiary/aromatic N) is 1. The molecule has 23 heavy (non-hydrogen) atoms. The van der Waals surface area contributed by atoms with E-state index in [9.17, 15) is 18.0 Å². The molecule has 0 spiro atoms. The van der Waals surface area contributed by atoms with E-state index < -0.39 is 21.9 Å². The number of hydrogen-bond donors (Lipinski definition) is 0. The Hall–Kier alpha value is -2.15. The Morgan fingerprint density at radius 1 is 1.26 bits per heavy atom. The molecule has 0 fully saturated rings. The molecule has 0 atom stereocenters. The molecule has 1 aromatic carbocycles. The lowest BCUT2D eigenvalue weighted by Crippen LogP contribution is -2.39. The summed E-state index contributed by atoms with van der Waals surface area (Å²) in [4.78, 5) is 23.7. The molecule has 1 heterocycles. The highest BCUT2D eigenvalue weighted by Crippen LogP contribution is 2.23. The lowest BCUT2D eigenvalue weighted by atomic mass is 10.1. The second-order valence-corrected chi connectivity index (χ2v) is 7.13. The molecule has 0 N–H and O–H groups in total. The first kappa shape index (κ1) is 17.2. The summed E-state index contributed by atoms with van der Waals surface area (Å²) in [5, 5.41) is 0. The molecule has 6 nitrogen and oxygen atoms in total. The van der Waals surface area contributed by atoms with Gasteiger partial charge in [0.1, 0.15) is 0 Å². The molecular formula is C16H19NO5S. The minimum Gasteiger partial charge on any atom is -0.466 e. The van der Waals surface area contributed by atoms with Crippen LogP contribution < -0.4 is 0 Å². The summed E-state index contributed by atoms with van der Waals surface area (Å²) >= 11 is 0. The summed E-state index contributed by atoms with van der Waals surface area (Å²) in [6, 6.07) is 6.33. The van der Waals surface area contributed by atoms with E-state index in [1.807, 2.05) is 6.92 Å². The Morgan fingerprint density at radius 2 is 1.91 bits per heavy atom. The van der Waals surface area contributed by atoms with E-state index >= 15 is 0 Å². The lowest BCUT2D eigenvalue weighted by Gasteiger charge is -2.25. The smallest absolute Gasteiger partial charge is 0.309 e. The minimum atomic E-state index is -3.87. The Kier molecular flexibility index (Phi) is 5.20. The van der Waals surface area contributed by atoms with Crippen molar-refractivity contribution in [2.24, 2.45) is 0 Å². The normalized spacial score (nSPS) is 15.3. The van der Waals surface area contributed by atoms with Crippen molar-refractivity contribution in [3.8, 4) is 0 Å². The predicted octanol–water partition coefficient (Wildman–Crippen LogP) is 1.80. The first-order valence-corrected chi connectivity index (χ1v) is 8.77. The number of ether oxygens (including phenoxy) is 1. The number of aryl methyl sites for hydroxylation is 1. The monoisotopic (exact) mass is 337 g/mol. The van der Waals surface area contributed by atoms with Crippen LogP contribution in [-0.4, -0.2) is 37.8 Å².